The van der Waals surface area contributed by atoms with Crippen LogP contribution >= 0.6 is 58.5 Å². The summed E-state index contributed by atoms with van der Waals surface area (Å²) in [6, 6.07) is 6.26. The molecule has 1 N–H and O–H groups in total. The molecule has 1 fully saturated rings. The first-order chi connectivity index (χ1) is 16.2. The average Bonchev–Trinajstić information content (AvgIpc) is 2.79. The molecule has 0 saturated carbocycles. The number of amides is 2. The van der Waals surface area contributed by atoms with Gasteiger partial charge in [-0.15, -0.1) is 35.3 Å². The number of carbonyl (C=O) groups excluding carboxylic acids is 3. The van der Waals surface area contributed by atoms with Crippen molar-refractivity contribution < 1.29 is 24.1 Å². The number of carboxylic acids is 1. The highest BCUT2D eigenvalue weighted by molar-refractivity contribution is 8.01. The van der Waals surface area contributed by atoms with Gasteiger partial charge in [-0.25, -0.2) is 9.55 Å². The number of thioether (sulfide) groups is 3. The van der Waals surface area contributed by atoms with E-state index in [0.29, 0.717) is 22.0 Å². The van der Waals surface area contributed by atoms with Gasteiger partial charge in [-0.2, -0.15) is 0 Å². The van der Waals surface area contributed by atoms with E-state index in [1.807, 2.05) is 36.1 Å². The van der Waals surface area contributed by atoms with Gasteiger partial charge in [0.25, 0.3) is 5.91 Å². The van der Waals surface area contributed by atoms with Crippen LogP contribution in [-0.2, 0) is 21.4 Å². The summed E-state index contributed by atoms with van der Waals surface area (Å²) in [4.78, 5) is 43.9. The van der Waals surface area contributed by atoms with E-state index in [9.17, 15) is 19.5 Å². The van der Waals surface area contributed by atoms with E-state index in [0.717, 1.165) is 4.90 Å². The molecule has 8 nitrogen and oxygen atoms in total. The van der Waals surface area contributed by atoms with Gasteiger partial charge in [0.1, 0.15) is 28.8 Å². The molecule has 2 aliphatic heterocycles. The minimum atomic E-state index is -1.39. The highest BCUT2D eigenvalue weighted by Gasteiger charge is 2.52. The number of β-lactam (4-membered cyclic amide) rings is 1. The van der Waals surface area contributed by atoms with Gasteiger partial charge in [-0.05, 0) is 17.7 Å². The molecule has 2 aromatic heterocycles. The summed E-state index contributed by atoms with van der Waals surface area (Å²) in [6.07, 6.45) is 3.81. The van der Waals surface area contributed by atoms with Crippen molar-refractivity contribution in [1.82, 2.24) is 15.2 Å². The number of halogens is 2. The van der Waals surface area contributed by atoms with Crippen molar-refractivity contribution in [2.45, 2.75) is 21.2 Å². The zero-order chi connectivity index (χ0) is 24.4. The van der Waals surface area contributed by atoms with Crippen molar-refractivity contribution in [2.24, 2.45) is 7.05 Å². The number of pyridine rings is 2. The number of rotatable bonds is 8. The van der Waals surface area contributed by atoms with Crippen molar-refractivity contribution in [3.63, 3.8) is 0 Å². The molecule has 13 heteroatoms. The molecule has 4 rings (SSSR count). The number of nitrogens with zero attached hydrogens (tertiary/aromatic N) is 3. The Labute approximate surface area is 218 Å². The molecule has 0 aromatic carbocycles. The van der Waals surface area contributed by atoms with Gasteiger partial charge in [0.2, 0.25) is 5.91 Å². The summed E-state index contributed by atoms with van der Waals surface area (Å²) in [5.74, 6) is -1.31. The molecule has 2 aliphatic rings. The van der Waals surface area contributed by atoms with E-state index in [-0.39, 0.29) is 27.7 Å². The second-order valence-electron chi connectivity index (χ2n) is 7.42. The third kappa shape index (κ3) is 5.65. The highest BCUT2D eigenvalue weighted by atomic mass is 35.5. The zero-order valence-corrected chi connectivity index (χ0v) is 21.7. The van der Waals surface area contributed by atoms with Crippen LogP contribution in [-0.4, -0.2) is 56.3 Å². The standard InChI is InChI=1S/C21H18Cl2N4O4S3/c1-26-4-2-12(3-5-26)32-8-11-9-34-20-17(19(29)27(20)18(11)21(30)31)25-16(28)10-33-13-6-14(22)24-15(23)7-13/h2-7,17,20H,8-10H2,1H3,(H-,25,28,30,31)/t17-,20-/m1/s1. The topological polar surface area (TPSA) is 106 Å². The van der Waals surface area contributed by atoms with Crippen molar-refractivity contribution in [1.29, 1.82) is 0 Å². The summed E-state index contributed by atoms with van der Waals surface area (Å²) in [7, 11) is 1.91. The van der Waals surface area contributed by atoms with Gasteiger partial charge < -0.3 is 15.2 Å². The van der Waals surface area contributed by atoms with E-state index < -0.39 is 23.3 Å². The fourth-order valence-electron chi connectivity index (χ4n) is 3.43. The van der Waals surface area contributed by atoms with Crippen LogP contribution in [0, 0.1) is 0 Å². The molecular weight excluding hydrogens is 539 g/mol. The summed E-state index contributed by atoms with van der Waals surface area (Å²) >= 11 is 15.9. The molecule has 2 amide bonds. The van der Waals surface area contributed by atoms with Crippen molar-refractivity contribution in [2.75, 3.05) is 17.3 Å². The fourth-order valence-corrected chi connectivity index (χ4v) is 7.16. The second kappa shape index (κ2) is 10.8. The lowest BCUT2D eigenvalue weighted by molar-refractivity contribution is -0.671. The molecule has 0 spiro atoms. The lowest BCUT2D eigenvalue weighted by atomic mass is 10.0. The molecule has 0 unspecified atom stereocenters. The van der Waals surface area contributed by atoms with Crippen LogP contribution in [0.4, 0.5) is 0 Å². The highest BCUT2D eigenvalue weighted by Crippen LogP contribution is 2.41. The van der Waals surface area contributed by atoms with Crippen LogP contribution in [0.2, 0.25) is 10.3 Å². The number of hydrogen-bond donors (Lipinski definition) is 1. The molecule has 34 heavy (non-hydrogen) atoms. The lowest BCUT2D eigenvalue weighted by Crippen LogP contribution is -2.71. The Bertz CT molecular complexity index is 1160. The van der Waals surface area contributed by atoms with Crippen molar-refractivity contribution in [3.8, 4) is 0 Å². The van der Waals surface area contributed by atoms with Gasteiger partial charge in [0.15, 0.2) is 12.4 Å². The molecule has 1 saturated heterocycles. The maximum Gasteiger partial charge on any atom is 0.253 e. The Kier molecular flexibility index (Phi) is 7.98. The van der Waals surface area contributed by atoms with Crippen molar-refractivity contribution in [3.05, 3.63) is 58.2 Å². The Morgan fingerprint density at radius 1 is 1.24 bits per heavy atom. The summed E-state index contributed by atoms with van der Waals surface area (Å²) < 4.78 is 1.91. The fraction of sp³-hybridized carbons (Fsp3) is 0.286. The number of nitrogens with one attached hydrogen (secondary N) is 1. The van der Waals surface area contributed by atoms with E-state index in [4.69, 9.17) is 23.2 Å². The van der Waals surface area contributed by atoms with Gasteiger partial charge in [-0.1, -0.05) is 23.2 Å². The predicted octanol–water partition coefficient (Wildman–Crippen LogP) is 1.50. The monoisotopic (exact) mass is 556 g/mol. The van der Waals surface area contributed by atoms with Gasteiger partial charge in [0.05, 0.1) is 17.4 Å². The number of carboxylic acid groups (broad SMARTS) is 1. The molecule has 0 radical (unpaired) electrons. The van der Waals surface area contributed by atoms with E-state index >= 15 is 0 Å². The van der Waals surface area contributed by atoms with E-state index in [1.165, 1.54) is 40.2 Å². The van der Waals surface area contributed by atoms with Gasteiger partial charge in [-0.3, -0.25) is 14.5 Å². The molecule has 0 bridgehead atoms. The number of fused-ring (bicyclic) bond motifs is 1. The Morgan fingerprint density at radius 2 is 1.91 bits per heavy atom. The largest absolute Gasteiger partial charge is 0.543 e. The first kappa shape index (κ1) is 25.2. The summed E-state index contributed by atoms with van der Waals surface area (Å²) in [6.45, 7) is 0. The molecule has 0 aliphatic carbocycles. The normalized spacial score (nSPS) is 19.5. The Balaban J connectivity index is 1.38. The predicted molar refractivity (Wildman–Crippen MR) is 130 cm³/mol. The van der Waals surface area contributed by atoms with E-state index in [2.05, 4.69) is 10.3 Å². The SMILES string of the molecule is C[n+]1ccc(SCC2=C(C(=O)[O-])N3C(=O)[C@@H](NC(=O)CSc4cc(Cl)nc(Cl)c4)[C@H]3SC2)cc1. The minimum absolute atomic E-state index is 0.0394. The number of aliphatic carboxylic acids is 1. The van der Waals surface area contributed by atoms with Crippen LogP contribution in [0.15, 0.2) is 57.7 Å². The number of aromatic nitrogens is 2. The lowest BCUT2D eigenvalue weighted by Gasteiger charge is -2.50. The molecule has 2 aromatic rings. The molecule has 2 atom stereocenters. The summed E-state index contributed by atoms with van der Waals surface area (Å²) in [5, 5.41) is 14.6. The van der Waals surface area contributed by atoms with Crippen molar-refractivity contribution >= 4 is 76.3 Å². The smallest absolute Gasteiger partial charge is 0.253 e. The maximum absolute atomic E-state index is 12.8. The number of hydrogen-bond acceptors (Lipinski definition) is 8. The average molecular weight is 558 g/mol. The van der Waals surface area contributed by atoms with Crippen LogP contribution in [0.5, 0.6) is 0 Å². The minimum Gasteiger partial charge on any atom is -0.543 e. The molecule has 4 heterocycles. The second-order valence-corrected chi connectivity index (χ2v) is 11.4. The van der Waals surface area contributed by atoms with Crippen LogP contribution in [0.3, 0.4) is 0 Å². The third-order valence-electron chi connectivity index (χ3n) is 5.02. The third-order valence-corrected chi connectivity index (χ3v) is 8.83. The first-order valence-corrected chi connectivity index (χ1v) is 13.7. The van der Waals surface area contributed by atoms with Crippen LogP contribution < -0.4 is 15.0 Å². The molecule has 178 valence electrons. The number of aryl methyl sites for hydroxylation is 1. The zero-order valence-electron chi connectivity index (χ0n) is 17.7. The van der Waals surface area contributed by atoms with Crippen LogP contribution in [0.1, 0.15) is 0 Å². The quantitative estimate of drug-likeness (QED) is 0.225. The Hall–Kier alpha value is -1.92. The maximum atomic E-state index is 12.8. The Morgan fingerprint density at radius 3 is 2.56 bits per heavy atom. The van der Waals surface area contributed by atoms with Crippen LogP contribution in [0.25, 0.3) is 0 Å². The van der Waals surface area contributed by atoms with Gasteiger partial charge in [0, 0.05) is 33.4 Å². The molecular formula is C21H18Cl2N4O4S3. The number of carbonyl (C=O) groups is 3. The van der Waals surface area contributed by atoms with Gasteiger partial charge >= 0.3 is 0 Å². The van der Waals surface area contributed by atoms with E-state index in [1.54, 1.807) is 12.1 Å². The first-order valence-electron chi connectivity index (χ1n) is 9.94. The summed E-state index contributed by atoms with van der Waals surface area (Å²) in [5.41, 5.74) is 0.531.